The Morgan fingerprint density at radius 3 is 2.71 bits per heavy atom. The van der Waals surface area contributed by atoms with Gasteiger partial charge in [0, 0.05) is 12.2 Å². The molecule has 2 aromatic rings. The van der Waals surface area contributed by atoms with E-state index in [2.05, 4.69) is 5.32 Å². The van der Waals surface area contributed by atoms with Crippen LogP contribution in [-0.4, -0.2) is 5.91 Å². The van der Waals surface area contributed by atoms with E-state index < -0.39 is 0 Å². The van der Waals surface area contributed by atoms with Crippen molar-refractivity contribution >= 4 is 23.2 Å². The lowest BCUT2D eigenvalue weighted by Gasteiger charge is -2.05. The molecule has 0 aliphatic heterocycles. The molecule has 0 aliphatic rings. The van der Waals surface area contributed by atoms with Crippen LogP contribution in [0.1, 0.15) is 16.1 Å². The lowest BCUT2D eigenvalue weighted by molar-refractivity contribution is 0.0923. The standard InChI is InChI=1S/C12H11ClN2O2/c13-11-6-5-10(17-11)12(16)15-7-8-3-1-2-4-9(8)14/h1-6H,7,14H2,(H,15,16). The van der Waals surface area contributed by atoms with E-state index in [9.17, 15) is 4.79 Å². The Hall–Kier alpha value is -1.94. The van der Waals surface area contributed by atoms with Crippen molar-refractivity contribution < 1.29 is 9.21 Å². The van der Waals surface area contributed by atoms with Gasteiger partial charge in [0.05, 0.1) is 0 Å². The molecule has 0 fully saturated rings. The van der Waals surface area contributed by atoms with Gasteiger partial charge in [-0.25, -0.2) is 0 Å². The average Bonchev–Trinajstić information content (AvgIpc) is 2.74. The third kappa shape index (κ3) is 2.79. The average molecular weight is 251 g/mol. The normalized spacial score (nSPS) is 10.2. The van der Waals surface area contributed by atoms with Crippen molar-refractivity contribution in [2.45, 2.75) is 6.54 Å². The van der Waals surface area contributed by atoms with Crippen LogP contribution in [0, 0.1) is 0 Å². The molecule has 2 rings (SSSR count). The molecular weight excluding hydrogens is 240 g/mol. The summed E-state index contributed by atoms with van der Waals surface area (Å²) in [6, 6.07) is 10.4. The highest BCUT2D eigenvalue weighted by Gasteiger charge is 2.10. The summed E-state index contributed by atoms with van der Waals surface area (Å²) < 4.78 is 4.99. The van der Waals surface area contributed by atoms with E-state index in [0.717, 1.165) is 5.56 Å². The van der Waals surface area contributed by atoms with E-state index in [1.807, 2.05) is 18.2 Å². The number of carbonyl (C=O) groups is 1. The number of hydrogen-bond donors (Lipinski definition) is 2. The van der Waals surface area contributed by atoms with Crippen LogP contribution < -0.4 is 11.1 Å². The zero-order valence-corrected chi connectivity index (χ0v) is 9.70. The number of amides is 1. The van der Waals surface area contributed by atoms with Gasteiger partial charge in [0.25, 0.3) is 5.91 Å². The molecule has 0 aliphatic carbocycles. The highest BCUT2D eigenvalue weighted by Crippen LogP contribution is 2.14. The summed E-state index contributed by atoms with van der Waals surface area (Å²) in [5.74, 6) is -0.135. The Balaban J connectivity index is 1.99. The molecule has 4 nitrogen and oxygen atoms in total. The number of benzene rings is 1. The van der Waals surface area contributed by atoms with Gasteiger partial charge in [0.15, 0.2) is 11.0 Å². The smallest absolute Gasteiger partial charge is 0.287 e. The zero-order chi connectivity index (χ0) is 12.3. The van der Waals surface area contributed by atoms with Gasteiger partial charge in [-0.2, -0.15) is 0 Å². The number of nitrogens with one attached hydrogen (secondary N) is 1. The molecule has 0 unspecified atom stereocenters. The van der Waals surface area contributed by atoms with Gasteiger partial charge in [-0.15, -0.1) is 0 Å². The van der Waals surface area contributed by atoms with Gasteiger partial charge < -0.3 is 15.5 Å². The molecular formula is C12H11ClN2O2. The van der Waals surface area contributed by atoms with Crippen molar-refractivity contribution in [3.05, 3.63) is 52.9 Å². The molecule has 0 saturated carbocycles. The van der Waals surface area contributed by atoms with Gasteiger partial charge >= 0.3 is 0 Å². The van der Waals surface area contributed by atoms with Crippen LogP contribution >= 0.6 is 11.6 Å². The molecule has 0 atom stereocenters. The third-order valence-electron chi connectivity index (χ3n) is 2.29. The summed E-state index contributed by atoms with van der Waals surface area (Å²) in [5.41, 5.74) is 7.26. The van der Waals surface area contributed by atoms with Gasteiger partial charge in [0.2, 0.25) is 0 Å². The summed E-state index contributed by atoms with van der Waals surface area (Å²) in [6.45, 7) is 0.351. The minimum atomic E-state index is -0.319. The van der Waals surface area contributed by atoms with Crippen LogP contribution in [0.25, 0.3) is 0 Å². The fraction of sp³-hybridized carbons (Fsp3) is 0.0833. The number of hydrogen-bond acceptors (Lipinski definition) is 3. The second-order valence-electron chi connectivity index (χ2n) is 3.49. The molecule has 1 aromatic carbocycles. The first-order valence-electron chi connectivity index (χ1n) is 5.04. The molecule has 17 heavy (non-hydrogen) atoms. The van der Waals surface area contributed by atoms with Crippen LogP contribution in [0.5, 0.6) is 0 Å². The van der Waals surface area contributed by atoms with Crippen LogP contribution in [0.4, 0.5) is 5.69 Å². The fourth-order valence-corrected chi connectivity index (χ4v) is 1.54. The predicted octanol–water partition coefficient (Wildman–Crippen LogP) is 2.45. The Labute approximate surface area is 103 Å². The van der Waals surface area contributed by atoms with Gasteiger partial charge in [-0.05, 0) is 35.4 Å². The van der Waals surface area contributed by atoms with Crippen molar-refractivity contribution in [1.29, 1.82) is 0 Å². The van der Waals surface area contributed by atoms with E-state index >= 15 is 0 Å². The van der Waals surface area contributed by atoms with E-state index in [1.54, 1.807) is 6.07 Å². The van der Waals surface area contributed by atoms with E-state index in [1.165, 1.54) is 12.1 Å². The second-order valence-corrected chi connectivity index (χ2v) is 3.86. The van der Waals surface area contributed by atoms with Crippen LogP contribution in [0.15, 0.2) is 40.8 Å². The molecule has 1 aromatic heterocycles. The van der Waals surface area contributed by atoms with Gasteiger partial charge in [-0.3, -0.25) is 4.79 Å². The number of rotatable bonds is 3. The number of nitrogen functional groups attached to an aromatic ring is 1. The quantitative estimate of drug-likeness (QED) is 0.822. The molecule has 0 saturated heterocycles. The molecule has 3 N–H and O–H groups in total. The number of para-hydroxylation sites is 1. The molecule has 1 heterocycles. The van der Waals surface area contributed by atoms with E-state index in [4.69, 9.17) is 21.8 Å². The van der Waals surface area contributed by atoms with Crippen LogP contribution in [0.2, 0.25) is 5.22 Å². The minimum Gasteiger partial charge on any atom is -0.440 e. The fourth-order valence-electron chi connectivity index (χ4n) is 1.39. The maximum Gasteiger partial charge on any atom is 0.287 e. The number of nitrogens with two attached hydrogens (primary N) is 1. The summed E-state index contributed by atoms with van der Waals surface area (Å²) in [7, 11) is 0. The lowest BCUT2D eigenvalue weighted by atomic mass is 10.2. The van der Waals surface area contributed by atoms with Crippen molar-refractivity contribution in [3.63, 3.8) is 0 Å². The number of carbonyl (C=O) groups excluding carboxylic acids is 1. The van der Waals surface area contributed by atoms with E-state index in [0.29, 0.717) is 12.2 Å². The van der Waals surface area contributed by atoms with Crippen molar-refractivity contribution in [2.24, 2.45) is 0 Å². The van der Waals surface area contributed by atoms with Gasteiger partial charge in [0.1, 0.15) is 0 Å². The van der Waals surface area contributed by atoms with Crippen LogP contribution in [0.3, 0.4) is 0 Å². The minimum absolute atomic E-state index is 0.185. The Morgan fingerprint density at radius 2 is 2.06 bits per heavy atom. The Kier molecular flexibility index (Phi) is 3.35. The number of anilines is 1. The topological polar surface area (TPSA) is 68.3 Å². The first-order chi connectivity index (χ1) is 8.16. The Morgan fingerprint density at radius 1 is 1.29 bits per heavy atom. The first-order valence-corrected chi connectivity index (χ1v) is 5.41. The first kappa shape index (κ1) is 11.5. The predicted molar refractivity (Wildman–Crippen MR) is 65.7 cm³/mol. The second kappa shape index (κ2) is 4.93. The summed E-state index contributed by atoms with van der Waals surface area (Å²) in [4.78, 5) is 11.6. The highest BCUT2D eigenvalue weighted by molar-refractivity contribution is 6.29. The third-order valence-corrected chi connectivity index (χ3v) is 2.49. The lowest BCUT2D eigenvalue weighted by Crippen LogP contribution is -2.22. The number of furan rings is 1. The molecule has 0 radical (unpaired) electrons. The SMILES string of the molecule is Nc1ccccc1CNC(=O)c1ccc(Cl)o1. The molecule has 5 heteroatoms. The summed E-state index contributed by atoms with van der Waals surface area (Å²) >= 11 is 5.58. The maximum absolute atomic E-state index is 11.6. The highest BCUT2D eigenvalue weighted by atomic mass is 35.5. The van der Waals surface area contributed by atoms with Gasteiger partial charge in [-0.1, -0.05) is 18.2 Å². The molecule has 0 bridgehead atoms. The zero-order valence-electron chi connectivity index (χ0n) is 8.94. The van der Waals surface area contributed by atoms with Crippen LogP contribution in [-0.2, 0) is 6.54 Å². The van der Waals surface area contributed by atoms with E-state index in [-0.39, 0.29) is 16.9 Å². The molecule has 0 spiro atoms. The summed E-state index contributed by atoms with van der Waals surface area (Å²) in [6.07, 6.45) is 0. The van der Waals surface area contributed by atoms with Crippen molar-refractivity contribution in [2.75, 3.05) is 5.73 Å². The maximum atomic E-state index is 11.6. The summed E-state index contributed by atoms with van der Waals surface area (Å²) in [5, 5.41) is 2.89. The monoisotopic (exact) mass is 250 g/mol. The van der Waals surface area contributed by atoms with Crippen molar-refractivity contribution in [3.8, 4) is 0 Å². The van der Waals surface area contributed by atoms with Crippen molar-refractivity contribution in [1.82, 2.24) is 5.32 Å². The molecule has 88 valence electrons. The molecule has 1 amide bonds. The Bertz CT molecular complexity index is 537. The largest absolute Gasteiger partial charge is 0.440 e. The number of halogens is 1.